The van der Waals surface area contributed by atoms with Crippen LogP contribution in [0.5, 0.6) is 5.75 Å². The number of rotatable bonds is 5. The third kappa shape index (κ3) is 4.95. The van der Waals surface area contributed by atoms with E-state index in [4.69, 9.17) is 33.7 Å². The van der Waals surface area contributed by atoms with Gasteiger partial charge in [0.2, 0.25) is 0 Å². The SMILES string of the molecule is NC(=O)N/N=C\c1ccc(OCc2ccc(Cl)cc2Cl)cc1. The molecule has 0 radical (unpaired) electrons. The molecule has 0 aliphatic rings. The predicted octanol–water partition coefficient (Wildman–Crippen LogP) is 3.57. The number of nitrogens with one attached hydrogen (secondary N) is 1. The zero-order valence-electron chi connectivity index (χ0n) is 11.4. The highest BCUT2D eigenvalue weighted by Gasteiger charge is 2.02. The minimum Gasteiger partial charge on any atom is -0.489 e. The standard InChI is InChI=1S/C15H13Cl2N3O2/c16-12-4-3-11(14(17)7-12)9-22-13-5-1-10(2-6-13)8-19-20-15(18)21/h1-8H,9H2,(H3,18,20,21)/b19-8-. The Morgan fingerprint density at radius 1 is 1.23 bits per heavy atom. The quantitative estimate of drug-likeness (QED) is 0.646. The summed E-state index contributed by atoms with van der Waals surface area (Å²) >= 11 is 11.9. The fourth-order valence-corrected chi connectivity index (χ4v) is 2.08. The number of nitrogens with two attached hydrogens (primary N) is 1. The number of hydrogen-bond acceptors (Lipinski definition) is 3. The van der Waals surface area contributed by atoms with Gasteiger partial charge in [-0.25, -0.2) is 10.2 Å². The maximum Gasteiger partial charge on any atom is 0.332 e. The first-order valence-electron chi connectivity index (χ1n) is 6.30. The van der Waals surface area contributed by atoms with E-state index < -0.39 is 6.03 Å². The Morgan fingerprint density at radius 2 is 1.95 bits per heavy atom. The molecule has 0 saturated carbocycles. The van der Waals surface area contributed by atoms with Crippen LogP contribution < -0.4 is 15.9 Å². The minimum absolute atomic E-state index is 0.340. The van der Waals surface area contributed by atoms with E-state index in [9.17, 15) is 4.79 Å². The predicted molar refractivity (Wildman–Crippen MR) is 87.5 cm³/mol. The van der Waals surface area contributed by atoms with Crippen molar-refractivity contribution in [1.82, 2.24) is 5.43 Å². The molecule has 2 amide bonds. The first kappa shape index (κ1) is 16.1. The van der Waals surface area contributed by atoms with E-state index in [0.717, 1.165) is 11.1 Å². The van der Waals surface area contributed by atoms with Crippen molar-refractivity contribution in [2.24, 2.45) is 10.8 Å². The lowest BCUT2D eigenvalue weighted by Gasteiger charge is -2.08. The highest BCUT2D eigenvalue weighted by Crippen LogP contribution is 2.22. The molecular formula is C15H13Cl2N3O2. The number of carbonyl (C=O) groups excluding carboxylic acids is 1. The molecule has 2 aromatic rings. The summed E-state index contributed by atoms with van der Waals surface area (Å²) in [7, 11) is 0. The normalized spacial score (nSPS) is 10.6. The number of urea groups is 1. The summed E-state index contributed by atoms with van der Waals surface area (Å²) in [6.45, 7) is 0.340. The molecule has 0 aliphatic carbocycles. The van der Waals surface area contributed by atoms with E-state index in [1.54, 1.807) is 36.4 Å². The number of primary amides is 1. The highest BCUT2D eigenvalue weighted by atomic mass is 35.5. The zero-order valence-corrected chi connectivity index (χ0v) is 12.9. The first-order chi connectivity index (χ1) is 10.5. The number of halogens is 2. The summed E-state index contributed by atoms with van der Waals surface area (Å²) in [5, 5.41) is 4.81. The molecular weight excluding hydrogens is 325 g/mol. The van der Waals surface area contributed by atoms with Crippen LogP contribution in [0.2, 0.25) is 10.0 Å². The lowest BCUT2D eigenvalue weighted by atomic mass is 10.2. The smallest absolute Gasteiger partial charge is 0.332 e. The van der Waals surface area contributed by atoms with E-state index in [2.05, 4.69) is 10.5 Å². The summed E-state index contributed by atoms with van der Waals surface area (Å²) in [6.07, 6.45) is 1.48. The Kier molecular flexibility index (Phi) is 5.63. The molecule has 0 saturated heterocycles. The van der Waals surface area contributed by atoms with E-state index in [1.165, 1.54) is 6.21 Å². The second kappa shape index (κ2) is 7.68. The van der Waals surface area contributed by atoms with Crippen LogP contribution in [0.1, 0.15) is 11.1 Å². The number of ether oxygens (including phenoxy) is 1. The van der Waals surface area contributed by atoms with Crippen LogP contribution in [0.25, 0.3) is 0 Å². The molecule has 0 atom stereocenters. The van der Waals surface area contributed by atoms with E-state index in [0.29, 0.717) is 22.4 Å². The van der Waals surface area contributed by atoms with Gasteiger partial charge in [-0.05, 0) is 42.0 Å². The summed E-state index contributed by atoms with van der Waals surface area (Å²) in [4.78, 5) is 10.5. The van der Waals surface area contributed by atoms with Crippen molar-refractivity contribution in [2.75, 3.05) is 0 Å². The molecule has 2 rings (SSSR count). The Labute approximate surface area is 137 Å². The molecule has 0 heterocycles. The van der Waals surface area contributed by atoms with Crippen molar-refractivity contribution in [3.8, 4) is 5.75 Å². The number of amides is 2. The van der Waals surface area contributed by atoms with Gasteiger partial charge in [-0.15, -0.1) is 0 Å². The Hall–Kier alpha value is -2.24. The Morgan fingerprint density at radius 3 is 2.59 bits per heavy atom. The van der Waals surface area contributed by atoms with Crippen molar-refractivity contribution in [3.05, 3.63) is 63.6 Å². The van der Waals surface area contributed by atoms with Crippen molar-refractivity contribution < 1.29 is 9.53 Å². The Balaban J connectivity index is 1.93. The number of hydrogen-bond donors (Lipinski definition) is 2. The molecule has 0 aliphatic heterocycles. The van der Waals surface area contributed by atoms with Crippen LogP contribution in [0, 0.1) is 0 Å². The highest BCUT2D eigenvalue weighted by molar-refractivity contribution is 6.35. The van der Waals surface area contributed by atoms with Crippen LogP contribution >= 0.6 is 23.2 Å². The molecule has 5 nitrogen and oxygen atoms in total. The van der Waals surface area contributed by atoms with Crippen LogP contribution in [-0.4, -0.2) is 12.2 Å². The van der Waals surface area contributed by atoms with Gasteiger partial charge in [-0.3, -0.25) is 0 Å². The van der Waals surface area contributed by atoms with E-state index in [-0.39, 0.29) is 0 Å². The van der Waals surface area contributed by atoms with Gasteiger partial charge >= 0.3 is 6.03 Å². The first-order valence-corrected chi connectivity index (χ1v) is 7.05. The number of benzene rings is 2. The zero-order chi connectivity index (χ0) is 15.9. The number of nitrogens with zero attached hydrogens (tertiary/aromatic N) is 1. The van der Waals surface area contributed by atoms with Gasteiger partial charge in [0.05, 0.1) is 6.21 Å². The maximum atomic E-state index is 10.5. The van der Waals surface area contributed by atoms with Gasteiger partial charge in [-0.2, -0.15) is 5.10 Å². The number of carbonyl (C=O) groups is 1. The van der Waals surface area contributed by atoms with Gasteiger partial charge in [0, 0.05) is 15.6 Å². The summed E-state index contributed by atoms with van der Waals surface area (Å²) < 4.78 is 5.65. The Bertz CT molecular complexity index is 688. The minimum atomic E-state index is -0.712. The summed E-state index contributed by atoms with van der Waals surface area (Å²) in [5.41, 5.74) is 8.66. The van der Waals surface area contributed by atoms with E-state index >= 15 is 0 Å². The molecule has 2 aromatic carbocycles. The van der Waals surface area contributed by atoms with Crippen molar-refractivity contribution in [1.29, 1.82) is 0 Å². The average molecular weight is 338 g/mol. The molecule has 0 unspecified atom stereocenters. The van der Waals surface area contributed by atoms with Gasteiger partial charge in [0.25, 0.3) is 0 Å². The van der Waals surface area contributed by atoms with Crippen molar-refractivity contribution >= 4 is 35.4 Å². The van der Waals surface area contributed by atoms with Gasteiger partial charge in [0.15, 0.2) is 0 Å². The maximum absolute atomic E-state index is 10.5. The lowest BCUT2D eigenvalue weighted by Crippen LogP contribution is -2.24. The molecule has 22 heavy (non-hydrogen) atoms. The molecule has 3 N–H and O–H groups in total. The van der Waals surface area contributed by atoms with Crippen LogP contribution in [0.3, 0.4) is 0 Å². The largest absolute Gasteiger partial charge is 0.489 e. The molecule has 7 heteroatoms. The third-order valence-corrected chi connectivity index (χ3v) is 3.26. The van der Waals surface area contributed by atoms with Gasteiger partial charge < -0.3 is 10.5 Å². The van der Waals surface area contributed by atoms with Crippen molar-refractivity contribution in [2.45, 2.75) is 6.61 Å². The van der Waals surface area contributed by atoms with Crippen LogP contribution in [0.15, 0.2) is 47.6 Å². The lowest BCUT2D eigenvalue weighted by molar-refractivity contribution is 0.249. The van der Waals surface area contributed by atoms with Crippen LogP contribution in [0.4, 0.5) is 4.79 Å². The topological polar surface area (TPSA) is 76.7 Å². The van der Waals surface area contributed by atoms with Gasteiger partial charge in [0.1, 0.15) is 12.4 Å². The van der Waals surface area contributed by atoms with E-state index in [1.807, 2.05) is 6.07 Å². The summed E-state index contributed by atoms with van der Waals surface area (Å²) in [6, 6.07) is 11.7. The summed E-state index contributed by atoms with van der Waals surface area (Å²) in [5.74, 6) is 0.686. The van der Waals surface area contributed by atoms with Gasteiger partial charge in [-0.1, -0.05) is 29.3 Å². The number of hydrazone groups is 1. The monoisotopic (exact) mass is 337 g/mol. The average Bonchev–Trinajstić information content (AvgIpc) is 2.47. The molecule has 0 spiro atoms. The molecule has 0 aromatic heterocycles. The van der Waals surface area contributed by atoms with Crippen molar-refractivity contribution in [3.63, 3.8) is 0 Å². The second-order valence-corrected chi connectivity index (χ2v) is 5.17. The molecule has 0 bridgehead atoms. The third-order valence-electron chi connectivity index (χ3n) is 2.68. The molecule has 114 valence electrons. The fraction of sp³-hybridized carbons (Fsp3) is 0.0667. The molecule has 0 fully saturated rings. The van der Waals surface area contributed by atoms with Crippen LogP contribution in [-0.2, 0) is 6.61 Å². The fourth-order valence-electron chi connectivity index (χ4n) is 1.62. The second-order valence-electron chi connectivity index (χ2n) is 4.33.